The molecule has 1 aromatic heterocycles. The fraction of sp³-hybridized carbons (Fsp3) is 0.462. The maximum absolute atomic E-state index is 12.0. The predicted molar refractivity (Wildman–Crippen MR) is 92.0 cm³/mol. The molecule has 1 fully saturated rings. The van der Waals surface area contributed by atoms with Gasteiger partial charge in [0.25, 0.3) is 5.56 Å². The van der Waals surface area contributed by atoms with Crippen molar-refractivity contribution in [2.45, 2.75) is 24.9 Å². The molecular formula is C13H16BrN2O9P. The predicted octanol–water partition coefficient (Wildman–Crippen LogP) is 0.519. The second-order valence-corrected chi connectivity index (χ2v) is 7.45. The molecule has 1 aliphatic heterocycles. The molecule has 144 valence electrons. The van der Waals surface area contributed by atoms with Crippen LogP contribution in [-0.4, -0.2) is 51.2 Å². The number of carbonyl (C=O) groups is 1. The summed E-state index contributed by atoms with van der Waals surface area (Å²) in [7, 11) is -3.75. The zero-order valence-electron chi connectivity index (χ0n) is 13.4. The third kappa shape index (κ3) is 4.58. The van der Waals surface area contributed by atoms with Crippen LogP contribution in [0.4, 0.5) is 4.79 Å². The number of hydrogen-bond acceptors (Lipinski definition) is 8. The summed E-state index contributed by atoms with van der Waals surface area (Å²) >= 11 is 3.03. The molecule has 4 atom stereocenters. The normalized spacial score (nSPS) is 25.3. The number of rotatable bonds is 6. The SMILES string of the molecule is COC(=O)P(=O)(O)OC[C@H]1O[C@@H](n2cc(/C=C/Br)c(=O)[nH]c2=O)C[C@@H]1O. The van der Waals surface area contributed by atoms with Crippen LogP contribution < -0.4 is 11.2 Å². The molecular weight excluding hydrogens is 439 g/mol. The van der Waals surface area contributed by atoms with E-state index in [0.29, 0.717) is 0 Å². The largest absolute Gasteiger partial charge is 0.460 e. The van der Waals surface area contributed by atoms with Gasteiger partial charge in [-0.15, -0.1) is 0 Å². The summed E-state index contributed by atoms with van der Waals surface area (Å²) in [4.78, 5) is 47.7. The van der Waals surface area contributed by atoms with E-state index in [1.54, 1.807) is 0 Å². The zero-order valence-corrected chi connectivity index (χ0v) is 15.9. The van der Waals surface area contributed by atoms with Gasteiger partial charge in [-0.25, -0.2) is 14.2 Å². The Morgan fingerprint density at radius 1 is 1.58 bits per heavy atom. The molecule has 0 aromatic carbocycles. The molecule has 1 aromatic rings. The number of carbonyl (C=O) groups excluding carboxylic acids is 1. The summed E-state index contributed by atoms with van der Waals surface area (Å²) in [5, 5.41) is 10.0. The number of aromatic amines is 1. The lowest BCUT2D eigenvalue weighted by atomic mass is 10.2. The molecule has 0 aliphatic carbocycles. The molecule has 11 nitrogen and oxygen atoms in total. The first kappa shape index (κ1) is 20.7. The second kappa shape index (κ2) is 8.42. The van der Waals surface area contributed by atoms with Gasteiger partial charge in [0.2, 0.25) is 0 Å². The van der Waals surface area contributed by atoms with Crippen LogP contribution in [0.5, 0.6) is 0 Å². The Bertz CT molecular complexity index is 864. The van der Waals surface area contributed by atoms with Gasteiger partial charge in [0.15, 0.2) is 0 Å². The number of aliphatic hydroxyl groups excluding tert-OH is 1. The Morgan fingerprint density at radius 3 is 2.88 bits per heavy atom. The zero-order chi connectivity index (χ0) is 19.5. The fourth-order valence-corrected chi connectivity index (χ4v) is 3.25. The molecule has 13 heteroatoms. The van der Waals surface area contributed by atoms with E-state index in [1.165, 1.54) is 17.3 Å². The van der Waals surface area contributed by atoms with Gasteiger partial charge in [0, 0.05) is 12.6 Å². The van der Waals surface area contributed by atoms with Crippen molar-refractivity contribution < 1.29 is 33.4 Å². The van der Waals surface area contributed by atoms with Crippen molar-refractivity contribution >= 4 is 35.3 Å². The molecule has 2 heterocycles. The standard InChI is InChI=1S/C13H16BrN2O9P/c1-23-13(20)26(21,22)24-6-9-8(17)4-10(25-9)16-5-7(2-3-14)11(18)15-12(16)19/h2-3,5,8-10,17H,4,6H2,1H3,(H,21,22)(H,15,18,19)/b3-2+/t8-,9+,10+/m0/s1. The number of nitrogens with zero attached hydrogens (tertiary/aromatic N) is 1. The summed E-state index contributed by atoms with van der Waals surface area (Å²) in [5.41, 5.74) is -2.61. The topological polar surface area (TPSA) is 157 Å². The van der Waals surface area contributed by atoms with Crippen molar-refractivity contribution in [1.82, 2.24) is 9.55 Å². The Hall–Kier alpha value is -1.56. The third-order valence-corrected chi connectivity index (χ3v) is 4.98. The molecule has 1 aliphatic rings. The lowest BCUT2D eigenvalue weighted by molar-refractivity contribution is -0.0423. The van der Waals surface area contributed by atoms with Gasteiger partial charge < -0.3 is 19.5 Å². The summed E-state index contributed by atoms with van der Waals surface area (Å²) in [6.07, 6.45) is -0.512. The van der Waals surface area contributed by atoms with Gasteiger partial charge in [-0.2, -0.15) is 0 Å². The molecule has 0 radical (unpaired) electrons. The van der Waals surface area contributed by atoms with E-state index < -0.39 is 49.6 Å². The minimum absolute atomic E-state index is 0.0363. The second-order valence-electron chi connectivity index (χ2n) is 5.26. The molecule has 3 N–H and O–H groups in total. The number of hydrogen-bond donors (Lipinski definition) is 3. The number of nitrogens with one attached hydrogen (secondary N) is 1. The number of H-pyrrole nitrogens is 1. The summed E-state index contributed by atoms with van der Waals surface area (Å²) in [6, 6.07) is 0. The summed E-state index contributed by atoms with van der Waals surface area (Å²) in [5.74, 6) is 0. The van der Waals surface area contributed by atoms with Crippen molar-refractivity contribution in [3.63, 3.8) is 0 Å². The van der Waals surface area contributed by atoms with E-state index >= 15 is 0 Å². The molecule has 0 bridgehead atoms. The molecule has 0 saturated carbocycles. The average molecular weight is 455 g/mol. The molecule has 1 unspecified atom stereocenters. The van der Waals surface area contributed by atoms with E-state index in [4.69, 9.17) is 4.74 Å². The number of ether oxygens (including phenoxy) is 2. The number of methoxy groups -OCH3 is 1. The highest BCUT2D eigenvalue weighted by Crippen LogP contribution is 2.44. The molecule has 0 amide bonds. The smallest absolute Gasteiger partial charge is 0.435 e. The molecule has 0 spiro atoms. The van der Waals surface area contributed by atoms with Gasteiger partial charge in [0.1, 0.15) is 12.3 Å². The highest BCUT2D eigenvalue weighted by molar-refractivity contribution is 9.11. The first-order valence-corrected chi connectivity index (χ1v) is 9.70. The Balaban J connectivity index is 2.15. The fourth-order valence-electron chi connectivity index (χ4n) is 2.28. The number of aromatic nitrogens is 2. The van der Waals surface area contributed by atoms with Crippen LogP contribution in [0.15, 0.2) is 20.8 Å². The maximum atomic E-state index is 12.0. The van der Waals surface area contributed by atoms with E-state index in [-0.39, 0.29) is 12.0 Å². The minimum Gasteiger partial charge on any atom is -0.460 e. The van der Waals surface area contributed by atoms with Gasteiger partial charge >= 0.3 is 19.0 Å². The number of halogens is 1. The highest BCUT2D eigenvalue weighted by atomic mass is 79.9. The van der Waals surface area contributed by atoms with E-state index in [2.05, 4.69) is 30.2 Å². The lowest BCUT2D eigenvalue weighted by Gasteiger charge is -2.17. The molecule has 2 rings (SSSR count). The van der Waals surface area contributed by atoms with E-state index in [0.717, 1.165) is 11.7 Å². The first-order chi connectivity index (χ1) is 12.2. The van der Waals surface area contributed by atoms with Crippen molar-refractivity contribution in [3.8, 4) is 0 Å². The Labute approximate surface area is 154 Å². The van der Waals surface area contributed by atoms with Crippen LogP contribution in [0.3, 0.4) is 0 Å². The monoisotopic (exact) mass is 454 g/mol. The maximum Gasteiger partial charge on any atom is 0.435 e. The van der Waals surface area contributed by atoms with Crippen LogP contribution >= 0.6 is 23.5 Å². The van der Waals surface area contributed by atoms with Crippen molar-refractivity contribution in [2.24, 2.45) is 0 Å². The average Bonchev–Trinajstić information content (AvgIpc) is 2.95. The Morgan fingerprint density at radius 2 is 2.27 bits per heavy atom. The highest BCUT2D eigenvalue weighted by Gasteiger charge is 2.39. The first-order valence-electron chi connectivity index (χ1n) is 7.21. The summed E-state index contributed by atoms with van der Waals surface area (Å²) in [6.45, 7) is -0.577. The third-order valence-electron chi connectivity index (χ3n) is 3.57. The van der Waals surface area contributed by atoms with Crippen molar-refractivity contribution in [2.75, 3.05) is 13.7 Å². The minimum atomic E-state index is -4.67. The molecule has 1 saturated heterocycles. The van der Waals surface area contributed by atoms with Crippen LogP contribution in [0.1, 0.15) is 18.2 Å². The van der Waals surface area contributed by atoms with Gasteiger partial charge in [0.05, 0.1) is 25.4 Å². The van der Waals surface area contributed by atoms with Gasteiger partial charge in [-0.05, 0) is 11.1 Å². The molecule has 26 heavy (non-hydrogen) atoms. The van der Waals surface area contributed by atoms with Crippen LogP contribution in [-0.2, 0) is 18.6 Å². The lowest BCUT2D eigenvalue weighted by Crippen LogP contribution is -2.33. The Kier molecular flexibility index (Phi) is 6.72. The summed E-state index contributed by atoms with van der Waals surface area (Å²) < 4.78 is 26.9. The van der Waals surface area contributed by atoms with Gasteiger partial charge in [-0.3, -0.25) is 18.9 Å². The quantitative estimate of drug-likeness (QED) is 0.520. The van der Waals surface area contributed by atoms with Crippen LogP contribution in [0.25, 0.3) is 6.08 Å². The van der Waals surface area contributed by atoms with Crippen LogP contribution in [0, 0.1) is 0 Å². The van der Waals surface area contributed by atoms with E-state index in [9.17, 15) is 28.9 Å². The number of aliphatic hydroxyl groups is 1. The van der Waals surface area contributed by atoms with Crippen molar-refractivity contribution in [1.29, 1.82) is 0 Å². The van der Waals surface area contributed by atoms with E-state index in [1.807, 2.05) is 0 Å². The van der Waals surface area contributed by atoms with Gasteiger partial charge in [-0.1, -0.05) is 15.9 Å². The van der Waals surface area contributed by atoms with Crippen LogP contribution in [0.2, 0.25) is 0 Å². The van der Waals surface area contributed by atoms with Crippen molar-refractivity contribution in [3.05, 3.63) is 37.6 Å².